The van der Waals surface area contributed by atoms with Crippen LogP contribution in [0.25, 0.3) is 0 Å². The Kier molecular flexibility index (Phi) is 1.71. The second-order valence-electron chi connectivity index (χ2n) is 2.03. The van der Waals surface area contributed by atoms with Crippen molar-refractivity contribution in [3.63, 3.8) is 0 Å². The van der Waals surface area contributed by atoms with Crippen LogP contribution in [0, 0.1) is 0 Å². The summed E-state index contributed by atoms with van der Waals surface area (Å²) in [5.41, 5.74) is 0. The third kappa shape index (κ3) is 1.21. The van der Waals surface area contributed by atoms with Crippen LogP contribution in [0.4, 0.5) is 0 Å². The molecule has 0 radical (unpaired) electrons. The summed E-state index contributed by atoms with van der Waals surface area (Å²) in [6, 6.07) is 0. The van der Waals surface area contributed by atoms with Gasteiger partial charge >= 0.3 is 5.97 Å². The maximum Gasteiger partial charge on any atom is 0.337 e. The van der Waals surface area contributed by atoms with Gasteiger partial charge in [-0.3, -0.25) is 0 Å². The van der Waals surface area contributed by atoms with Crippen molar-refractivity contribution in [2.45, 2.75) is 25.6 Å². The molecule has 0 aromatic rings. The number of ether oxygens (including phenoxy) is 2. The Balaban J connectivity index is 2.25. The zero-order valence-corrected chi connectivity index (χ0v) is 5.59. The lowest BCUT2D eigenvalue weighted by Gasteiger charge is -1.89. The minimum Gasteiger partial charge on any atom is -0.467 e. The summed E-state index contributed by atoms with van der Waals surface area (Å²) in [7, 11) is 1.37. The molecule has 9 heavy (non-hydrogen) atoms. The molecule has 2 atom stereocenters. The highest BCUT2D eigenvalue weighted by Crippen LogP contribution is 2.25. The summed E-state index contributed by atoms with van der Waals surface area (Å²) in [5, 5.41) is 0. The zero-order chi connectivity index (χ0) is 6.85. The standard InChI is InChI=1S/C6H10O3/c1-3-4-5(9-4)6(7)8-2/h4-5H,3H2,1-2H3/t4-,5-/m1/s1. The van der Waals surface area contributed by atoms with Gasteiger partial charge in [0.25, 0.3) is 0 Å². The summed E-state index contributed by atoms with van der Waals surface area (Å²) in [4.78, 5) is 10.6. The number of epoxide rings is 1. The van der Waals surface area contributed by atoms with Crippen LogP contribution in [0.15, 0.2) is 0 Å². The van der Waals surface area contributed by atoms with Gasteiger partial charge in [0, 0.05) is 0 Å². The Morgan fingerprint density at radius 2 is 2.44 bits per heavy atom. The van der Waals surface area contributed by atoms with Crippen molar-refractivity contribution in [1.29, 1.82) is 0 Å². The maximum absolute atomic E-state index is 10.6. The molecule has 3 nitrogen and oxygen atoms in total. The Morgan fingerprint density at radius 1 is 1.78 bits per heavy atom. The predicted octanol–water partition coefficient (Wildman–Crippen LogP) is 0.337. The van der Waals surface area contributed by atoms with Crippen molar-refractivity contribution in [3.05, 3.63) is 0 Å². The van der Waals surface area contributed by atoms with Gasteiger partial charge in [-0.15, -0.1) is 0 Å². The van der Waals surface area contributed by atoms with Crippen LogP contribution in [-0.2, 0) is 14.3 Å². The van der Waals surface area contributed by atoms with E-state index in [1.807, 2.05) is 6.92 Å². The predicted molar refractivity (Wildman–Crippen MR) is 31.0 cm³/mol. The average Bonchev–Trinajstić information content (AvgIpc) is 2.64. The first-order valence-electron chi connectivity index (χ1n) is 3.03. The summed E-state index contributed by atoms with van der Waals surface area (Å²) in [6.45, 7) is 1.98. The van der Waals surface area contributed by atoms with E-state index in [0.29, 0.717) is 0 Å². The fourth-order valence-corrected chi connectivity index (χ4v) is 0.777. The van der Waals surface area contributed by atoms with Gasteiger partial charge in [-0.25, -0.2) is 4.79 Å². The van der Waals surface area contributed by atoms with Crippen molar-refractivity contribution < 1.29 is 14.3 Å². The number of hydrogen-bond acceptors (Lipinski definition) is 3. The van der Waals surface area contributed by atoms with Gasteiger partial charge < -0.3 is 9.47 Å². The molecule has 1 aliphatic rings. The van der Waals surface area contributed by atoms with E-state index in [-0.39, 0.29) is 18.2 Å². The molecule has 0 bridgehead atoms. The van der Waals surface area contributed by atoms with Gasteiger partial charge in [-0.1, -0.05) is 6.92 Å². The lowest BCUT2D eigenvalue weighted by Crippen LogP contribution is -2.10. The minimum absolute atomic E-state index is 0.123. The van der Waals surface area contributed by atoms with E-state index in [1.54, 1.807) is 0 Å². The molecular formula is C6H10O3. The first-order valence-corrected chi connectivity index (χ1v) is 3.03. The molecule has 1 fully saturated rings. The quantitative estimate of drug-likeness (QED) is 0.399. The van der Waals surface area contributed by atoms with Crippen molar-refractivity contribution in [1.82, 2.24) is 0 Å². The highest BCUT2D eigenvalue weighted by Gasteiger charge is 2.44. The van der Waals surface area contributed by atoms with Gasteiger partial charge in [0.1, 0.15) is 0 Å². The summed E-state index contributed by atoms with van der Waals surface area (Å²) < 4.78 is 9.39. The van der Waals surface area contributed by atoms with Crippen molar-refractivity contribution in [3.8, 4) is 0 Å². The smallest absolute Gasteiger partial charge is 0.337 e. The minimum atomic E-state index is -0.264. The summed E-state index contributed by atoms with van der Waals surface area (Å²) in [5.74, 6) is -0.248. The van der Waals surface area contributed by atoms with Crippen molar-refractivity contribution in [2.75, 3.05) is 7.11 Å². The van der Waals surface area contributed by atoms with E-state index >= 15 is 0 Å². The number of esters is 1. The van der Waals surface area contributed by atoms with Crippen LogP contribution in [-0.4, -0.2) is 25.3 Å². The number of carbonyl (C=O) groups is 1. The molecule has 1 heterocycles. The molecule has 0 aliphatic carbocycles. The van der Waals surface area contributed by atoms with Crippen LogP contribution < -0.4 is 0 Å². The van der Waals surface area contributed by atoms with E-state index < -0.39 is 0 Å². The van der Waals surface area contributed by atoms with Gasteiger partial charge in [0.15, 0.2) is 6.10 Å². The second-order valence-corrected chi connectivity index (χ2v) is 2.03. The van der Waals surface area contributed by atoms with Crippen LogP contribution in [0.5, 0.6) is 0 Å². The summed E-state index contributed by atoms with van der Waals surface area (Å²) in [6.07, 6.45) is 0.747. The van der Waals surface area contributed by atoms with Crippen LogP contribution in [0.3, 0.4) is 0 Å². The van der Waals surface area contributed by atoms with Gasteiger partial charge in [-0.05, 0) is 6.42 Å². The van der Waals surface area contributed by atoms with Crippen LogP contribution in [0.2, 0.25) is 0 Å². The Morgan fingerprint density at radius 3 is 2.78 bits per heavy atom. The molecule has 0 N–H and O–H groups in total. The molecule has 0 aromatic heterocycles. The van der Waals surface area contributed by atoms with E-state index in [2.05, 4.69) is 4.74 Å². The van der Waals surface area contributed by atoms with Gasteiger partial charge in [0.2, 0.25) is 0 Å². The topological polar surface area (TPSA) is 38.8 Å². The fraction of sp³-hybridized carbons (Fsp3) is 0.833. The van der Waals surface area contributed by atoms with Crippen LogP contribution >= 0.6 is 0 Å². The van der Waals surface area contributed by atoms with Crippen molar-refractivity contribution in [2.24, 2.45) is 0 Å². The third-order valence-electron chi connectivity index (χ3n) is 1.42. The molecule has 1 rings (SSSR count). The Labute approximate surface area is 53.9 Å². The number of hydrogen-bond donors (Lipinski definition) is 0. The molecule has 0 spiro atoms. The molecule has 1 saturated heterocycles. The average molecular weight is 130 g/mol. The highest BCUT2D eigenvalue weighted by atomic mass is 16.6. The molecule has 0 amide bonds. The van der Waals surface area contributed by atoms with Crippen molar-refractivity contribution >= 4 is 5.97 Å². The third-order valence-corrected chi connectivity index (χ3v) is 1.42. The molecule has 1 aliphatic heterocycles. The number of rotatable bonds is 2. The van der Waals surface area contributed by atoms with E-state index in [4.69, 9.17) is 4.74 Å². The molecule has 0 saturated carbocycles. The Hall–Kier alpha value is -0.570. The fourth-order valence-electron chi connectivity index (χ4n) is 0.777. The first kappa shape index (κ1) is 6.55. The Bertz CT molecular complexity index is 121. The van der Waals surface area contributed by atoms with Gasteiger partial charge in [0.05, 0.1) is 13.2 Å². The van der Waals surface area contributed by atoms with E-state index in [1.165, 1.54) is 7.11 Å². The lowest BCUT2D eigenvalue weighted by atomic mass is 10.3. The first-order chi connectivity index (χ1) is 4.29. The van der Waals surface area contributed by atoms with Crippen LogP contribution in [0.1, 0.15) is 13.3 Å². The largest absolute Gasteiger partial charge is 0.467 e. The molecule has 52 valence electrons. The number of carbonyl (C=O) groups excluding carboxylic acids is 1. The molecule has 3 heteroatoms. The van der Waals surface area contributed by atoms with Gasteiger partial charge in [-0.2, -0.15) is 0 Å². The zero-order valence-electron chi connectivity index (χ0n) is 5.59. The SMILES string of the molecule is CC[C@H]1O[C@H]1C(=O)OC. The highest BCUT2D eigenvalue weighted by molar-refractivity contribution is 5.77. The molecule has 0 aromatic carbocycles. The van der Waals surface area contributed by atoms with E-state index in [9.17, 15) is 4.79 Å². The maximum atomic E-state index is 10.6. The molecular weight excluding hydrogens is 120 g/mol. The lowest BCUT2D eigenvalue weighted by molar-refractivity contribution is -0.142. The van der Waals surface area contributed by atoms with E-state index in [0.717, 1.165) is 6.42 Å². The monoisotopic (exact) mass is 130 g/mol. The molecule has 0 unspecified atom stereocenters. The summed E-state index contributed by atoms with van der Waals surface area (Å²) >= 11 is 0. The normalized spacial score (nSPS) is 31.8. The number of methoxy groups -OCH3 is 1. The second kappa shape index (κ2) is 2.35.